The van der Waals surface area contributed by atoms with Crippen LogP contribution in [0.3, 0.4) is 0 Å². The molecule has 6 aromatic rings. The van der Waals surface area contributed by atoms with Gasteiger partial charge in [-0.1, -0.05) is 29.4 Å². The Hall–Kier alpha value is -5.38. The van der Waals surface area contributed by atoms with Crippen LogP contribution in [-0.2, 0) is 26.6 Å². The van der Waals surface area contributed by atoms with Crippen molar-refractivity contribution in [2.45, 2.75) is 26.5 Å². The minimum absolute atomic E-state index is 0.0556. The molecule has 1 amide bonds. The predicted octanol–water partition coefficient (Wildman–Crippen LogP) is 5.98. The highest BCUT2D eigenvalue weighted by atomic mass is 19.1. The number of carbonyl (C=O) groups is 1. The van der Waals surface area contributed by atoms with E-state index in [0.717, 1.165) is 22.4 Å². The largest absolute Gasteiger partial charge is 0.497 e. The third-order valence-electron chi connectivity index (χ3n) is 7.27. The van der Waals surface area contributed by atoms with E-state index in [1.54, 1.807) is 56.2 Å². The summed E-state index contributed by atoms with van der Waals surface area (Å²) in [6.07, 6.45) is 3.88. The molecule has 0 aliphatic rings. The zero-order chi connectivity index (χ0) is 30.1. The maximum absolute atomic E-state index is 13.8. The average molecular weight is 581 g/mol. The van der Waals surface area contributed by atoms with Crippen molar-refractivity contribution in [1.29, 1.82) is 0 Å². The molecule has 3 heterocycles. The number of fused-ring (bicyclic) bond motifs is 2. The summed E-state index contributed by atoms with van der Waals surface area (Å²) in [6, 6.07) is 17.4. The van der Waals surface area contributed by atoms with Gasteiger partial charge in [0.15, 0.2) is 5.75 Å². The summed E-state index contributed by atoms with van der Waals surface area (Å²) in [5.74, 6) is 0.980. The number of ether oxygens (including phenoxy) is 2. The van der Waals surface area contributed by atoms with Gasteiger partial charge in [0.05, 0.1) is 24.6 Å². The van der Waals surface area contributed by atoms with Crippen LogP contribution in [0.25, 0.3) is 21.7 Å². The second kappa shape index (κ2) is 11.5. The second-order valence-electron chi connectivity index (χ2n) is 10.3. The van der Waals surface area contributed by atoms with Crippen molar-refractivity contribution >= 4 is 27.6 Å². The molecule has 0 unspecified atom stereocenters. The van der Waals surface area contributed by atoms with E-state index in [4.69, 9.17) is 19.0 Å². The van der Waals surface area contributed by atoms with Gasteiger partial charge >= 0.3 is 0 Å². The number of nitrogens with one attached hydrogen (secondary N) is 1. The minimum Gasteiger partial charge on any atom is -0.497 e. The molecule has 3 aromatic heterocycles. The molecule has 3 aromatic carbocycles. The Bertz CT molecular complexity index is 1950. The van der Waals surface area contributed by atoms with Gasteiger partial charge in [-0.25, -0.2) is 4.39 Å². The monoisotopic (exact) mass is 580 g/mol. The summed E-state index contributed by atoms with van der Waals surface area (Å²) in [7, 11) is 3.30. The molecule has 9 nitrogen and oxygen atoms in total. The molecule has 0 fully saturated rings. The fourth-order valence-corrected chi connectivity index (χ4v) is 5.13. The quantitative estimate of drug-likeness (QED) is 0.217. The molecule has 0 aliphatic carbocycles. The van der Waals surface area contributed by atoms with E-state index in [2.05, 4.69) is 10.5 Å². The Morgan fingerprint density at radius 1 is 1.05 bits per heavy atom. The lowest BCUT2D eigenvalue weighted by Crippen LogP contribution is -2.23. The van der Waals surface area contributed by atoms with Crippen LogP contribution in [-0.4, -0.2) is 32.8 Å². The number of nitrogens with zero attached hydrogens (tertiary/aromatic N) is 3. The highest BCUT2D eigenvalue weighted by Crippen LogP contribution is 2.43. The molecule has 0 bridgehead atoms. The maximum atomic E-state index is 13.8. The third kappa shape index (κ3) is 5.59. The number of aromatic hydroxyl groups is 1. The van der Waals surface area contributed by atoms with E-state index in [-0.39, 0.29) is 30.8 Å². The van der Waals surface area contributed by atoms with Crippen molar-refractivity contribution in [1.82, 2.24) is 20.0 Å². The summed E-state index contributed by atoms with van der Waals surface area (Å²) in [6.45, 7) is 2.12. The summed E-state index contributed by atoms with van der Waals surface area (Å²) >= 11 is 0. The Labute approximate surface area is 246 Å². The summed E-state index contributed by atoms with van der Waals surface area (Å²) < 4.78 is 31.8. The number of benzene rings is 3. The molecule has 0 aliphatic heterocycles. The molecule has 0 spiro atoms. The molecular formula is C33H29FN4O5. The van der Waals surface area contributed by atoms with Crippen LogP contribution in [0, 0.1) is 12.7 Å². The molecule has 0 saturated carbocycles. The van der Waals surface area contributed by atoms with E-state index >= 15 is 0 Å². The number of rotatable bonds is 9. The lowest BCUT2D eigenvalue weighted by molar-refractivity contribution is 0.0953. The highest BCUT2D eigenvalue weighted by molar-refractivity contribution is 6.21. The van der Waals surface area contributed by atoms with Gasteiger partial charge in [0.2, 0.25) is 5.88 Å². The molecular weight excluding hydrogens is 551 g/mol. The highest BCUT2D eigenvalue weighted by Gasteiger charge is 2.26. The number of aryl methyl sites for hydroxylation is 2. The standard InChI is InChI=1S/C33H29FN4O5/c1-19-12-24(37-43-19)16-36-32(39)28-26-14-22(13-20-4-8-23(34)9-5-20)15-35-30(26)31(29-27(28)17-38(2)33(29)40)42-18-21-6-10-25(41-3)11-7-21/h4-12,14-15,17,40H,13,16,18H2,1-3H3,(H,36,39). The first kappa shape index (κ1) is 27.8. The van der Waals surface area contributed by atoms with E-state index in [0.29, 0.717) is 50.9 Å². The Morgan fingerprint density at radius 2 is 1.79 bits per heavy atom. The molecule has 0 radical (unpaired) electrons. The van der Waals surface area contributed by atoms with E-state index in [1.807, 2.05) is 30.3 Å². The first-order chi connectivity index (χ1) is 20.8. The lowest BCUT2D eigenvalue weighted by Gasteiger charge is -2.16. The molecule has 0 saturated heterocycles. The third-order valence-corrected chi connectivity index (χ3v) is 7.27. The van der Waals surface area contributed by atoms with E-state index in [1.165, 1.54) is 12.1 Å². The van der Waals surface area contributed by atoms with Crippen LogP contribution in [0.4, 0.5) is 4.39 Å². The summed E-state index contributed by atoms with van der Waals surface area (Å²) in [4.78, 5) is 18.6. The molecule has 10 heteroatoms. The van der Waals surface area contributed by atoms with Crippen molar-refractivity contribution in [3.05, 3.63) is 113 Å². The Morgan fingerprint density at radius 3 is 2.49 bits per heavy atom. The molecule has 0 atom stereocenters. The average Bonchev–Trinajstić information content (AvgIpc) is 3.56. The summed E-state index contributed by atoms with van der Waals surface area (Å²) in [5.41, 5.74) is 3.94. The van der Waals surface area contributed by atoms with Gasteiger partial charge in [-0.15, -0.1) is 0 Å². The van der Waals surface area contributed by atoms with Gasteiger partial charge in [0.25, 0.3) is 5.91 Å². The second-order valence-corrected chi connectivity index (χ2v) is 10.3. The first-order valence-electron chi connectivity index (χ1n) is 13.6. The summed E-state index contributed by atoms with van der Waals surface area (Å²) in [5, 5.41) is 19.5. The SMILES string of the molecule is COc1ccc(COc2c3ncc(Cc4ccc(F)cc4)cc3c(C(=O)NCc3cc(C)on3)c3cn(C)c(O)c23)cc1. The fourth-order valence-electron chi connectivity index (χ4n) is 5.13. The zero-order valence-electron chi connectivity index (χ0n) is 23.8. The maximum Gasteiger partial charge on any atom is 0.252 e. The lowest BCUT2D eigenvalue weighted by atomic mass is 9.97. The molecule has 218 valence electrons. The van der Waals surface area contributed by atoms with Crippen molar-refractivity contribution in [2.75, 3.05) is 7.11 Å². The Kier molecular flexibility index (Phi) is 7.41. The van der Waals surface area contributed by atoms with Gasteiger partial charge in [-0.3, -0.25) is 9.78 Å². The number of halogens is 1. The normalized spacial score (nSPS) is 11.3. The molecule has 6 rings (SSSR count). The van der Waals surface area contributed by atoms with Crippen LogP contribution in [0.1, 0.15) is 38.5 Å². The van der Waals surface area contributed by atoms with Crippen LogP contribution >= 0.6 is 0 Å². The van der Waals surface area contributed by atoms with Gasteiger partial charge < -0.3 is 29.0 Å². The Balaban J connectivity index is 1.47. The fraction of sp³-hybridized carbons (Fsp3) is 0.182. The molecule has 43 heavy (non-hydrogen) atoms. The zero-order valence-corrected chi connectivity index (χ0v) is 23.8. The van der Waals surface area contributed by atoms with Crippen LogP contribution < -0.4 is 14.8 Å². The number of carbonyl (C=O) groups excluding carboxylic acids is 1. The number of pyridine rings is 1. The van der Waals surface area contributed by atoms with Crippen LogP contribution in [0.15, 0.2) is 77.6 Å². The van der Waals surface area contributed by atoms with Crippen molar-refractivity contribution in [2.24, 2.45) is 7.05 Å². The minimum atomic E-state index is -0.372. The van der Waals surface area contributed by atoms with Gasteiger partial charge in [-0.2, -0.15) is 0 Å². The predicted molar refractivity (Wildman–Crippen MR) is 159 cm³/mol. The molecule has 2 N–H and O–H groups in total. The smallest absolute Gasteiger partial charge is 0.252 e. The number of hydrogen-bond donors (Lipinski definition) is 2. The van der Waals surface area contributed by atoms with E-state index < -0.39 is 0 Å². The van der Waals surface area contributed by atoms with Gasteiger partial charge in [-0.05, 0) is 60.4 Å². The number of amides is 1. The van der Waals surface area contributed by atoms with Crippen molar-refractivity contribution in [3.63, 3.8) is 0 Å². The van der Waals surface area contributed by atoms with Crippen LogP contribution in [0.5, 0.6) is 17.4 Å². The van der Waals surface area contributed by atoms with Gasteiger partial charge in [0, 0.05) is 36.3 Å². The number of aromatic nitrogens is 3. The van der Waals surface area contributed by atoms with Crippen molar-refractivity contribution < 1.29 is 28.3 Å². The number of methoxy groups -OCH3 is 1. The first-order valence-corrected chi connectivity index (χ1v) is 13.6. The van der Waals surface area contributed by atoms with Crippen molar-refractivity contribution in [3.8, 4) is 17.4 Å². The topological polar surface area (TPSA) is 112 Å². The number of hydrogen-bond acceptors (Lipinski definition) is 7. The van der Waals surface area contributed by atoms with Crippen LogP contribution in [0.2, 0.25) is 0 Å². The van der Waals surface area contributed by atoms with E-state index in [9.17, 15) is 14.3 Å². The van der Waals surface area contributed by atoms with Gasteiger partial charge in [0.1, 0.15) is 35.1 Å².